The average Bonchev–Trinajstić information content (AvgIpc) is 2.24. The van der Waals surface area contributed by atoms with Crippen LogP contribution in [0.15, 0.2) is 0 Å². The summed E-state index contributed by atoms with van der Waals surface area (Å²) < 4.78 is 10.3. The number of carbonyl (C=O) groups is 1. The Morgan fingerprint density at radius 2 is 2.06 bits per heavy atom. The van der Waals surface area contributed by atoms with E-state index in [2.05, 4.69) is 13.8 Å². The van der Waals surface area contributed by atoms with Crippen LogP contribution in [-0.4, -0.2) is 43.8 Å². The van der Waals surface area contributed by atoms with Crippen molar-refractivity contribution in [2.45, 2.75) is 26.3 Å². The van der Waals surface area contributed by atoms with Crippen molar-refractivity contribution in [2.24, 2.45) is 11.7 Å². The van der Waals surface area contributed by atoms with Crippen LogP contribution >= 0.6 is 11.8 Å². The van der Waals surface area contributed by atoms with Gasteiger partial charge in [-0.3, -0.25) is 4.79 Å². The molecule has 96 valence electrons. The van der Waals surface area contributed by atoms with Crippen LogP contribution in [0.5, 0.6) is 0 Å². The smallest absolute Gasteiger partial charge is 0.323 e. The first-order valence-electron chi connectivity index (χ1n) is 5.56. The number of nitrogens with two attached hydrogens (primary N) is 1. The van der Waals surface area contributed by atoms with Gasteiger partial charge in [0.1, 0.15) is 12.6 Å². The van der Waals surface area contributed by atoms with Crippen molar-refractivity contribution in [3.05, 3.63) is 0 Å². The topological polar surface area (TPSA) is 61.6 Å². The molecule has 0 saturated carbocycles. The van der Waals surface area contributed by atoms with Crippen molar-refractivity contribution in [3.8, 4) is 0 Å². The van der Waals surface area contributed by atoms with Crippen LogP contribution in [0.25, 0.3) is 0 Å². The van der Waals surface area contributed by atoms with Crippen LogP contribution in [0.4, 0.5) is 0 Å². The lowest BCUT2D eigenvalue weighted by Gasteiger charge is -2.11. The Kier molecular flexibility index (Phi) is 9.77. The van der Waals surface area contributed by atoms with Crippen LogP contribution in [0, 0.1) is 5.92 Å². The van der Waals surface area contributed by atoms with E-state index in [4.69, 9.17) is 15.2 Å². The number of hydrogen-bond acceptors (Lipinski definition) is 5. The molecule has 2 N–H and O–H groups in total. The van der Waals surface area contributed by atoms with Gasteiger partial charge in [0.2, 0.25) is 0 Å². The summed E-state index contributed by atoms with van der Waals surface area (Å²) in [5.74, 6) is 1.04. The molecular weight excluding hydrogens is 226 g/mol. The Morgan fingerprint density at radius 3 is 2.62 bits per heavy atom. The van der Waals surface area contributed by atoms with E-state index in [1.54, 1.807) is 11.8 Å². The second-order valence-electron chi connectivity index (χ2n) is 4.02. The Labute approximate surface area is 102 Å². The summed E-state index contributed by atoms with van der Waals surface area (Å²) in [6.07, 6.45) is 2.64. The van der Waals surface area contributed by atoms with Gasteiger partial charge in [0.25, 0.3) is 0 Å². The van der Waals surface area contributed by atoms with Gasteiger partial charge in [0.15, 0.2) is 0 Å². The van der Waals surface area contributed by atoms with Crippen molar-refractivity contribution < 1.29 is 14.3 Å². The third-order valence-corrected chi connectivity index (χ3v) is 2.50. The standard InChI is InChI=1S/C11H23NO3S/c1-9(2)8-14-5-6-15-11(13)10(12)4-7-16-3/h9-10H,4-8,12H2,1-3H3/t10-/m1/s1. The zero-order valence-electron chi connectivity index (χ0n) is 10.4. The highest BCUT2D eigenvalue weighted by molar-refractivity contribution is 7.98. The lowest BCUT2D eigenvalue weighted by Crippen LogP contribution is -2.33. The van der Waals surface area contributed by atoms with Crippen molar-refractivity contribution in [1.82, 2.24) is 0 Å². The molecule has 0 amide bonds. The molecule has 0 radical (unpaired) electrons. The molecule has 0 aliphatic heterocycles. The van der Waals surface area contributed by atoms with Gasteiger partial charge >= 0.3 is 5.97 Å². The first-order chi connectivity index (χ1) is 7.57. The molecule has 5 heteroatoms. The second-order valence-corrected chi connectivity index (χ2v) is 5.01. The third-order valence-electron chi connectivity index (χ3n) is 1.86. The van der Waals surface area contributed by atoms with Crippen molar-refractivity contribution in [1.29, 1.82) is 0 Å². The normalized spacial score (nSPS) is 12.8. The van der Waals surface area contributed by atoms with E-state index in [9.17, 15) is 4.79 Å². The fourth-order valence-corrected chi connectivity index (χ4v) is 1.48. The Hall–Kier alpha value is -0.260. The minimum atomic E-state index is -0.502. The highest BCUT2D eigenvalue weighted by atomic mass is 32.2. The fourth-order valence-electron chi connectivity index (χ4n) is 0.990. The first kappa shape index (κ1) is 15.7. The predicted molar refractivity (Wildman–Crippen MR) is 67.6 cm³/mol. The summed E-state index contributed by atoms with van der Waals surface area (Å²) in [5.41, 5.74) is 5.64. The number of carbonyl (C=O) groups excluding carboxylic acids is 1. The van der Waals surface area contributed by atoms with Crippen molar-refractivity contribution in [3.63, 3.8) is 0 Å². The summed E-state index contributed by atoms with van der Waals surface area (Å²) in [7, 11) is 0. The molecule has 0 aromatic rings. The van der Waals surface area contributed by atoms with Crippen LogP contribution < -0.4 is 5.73 Å². The van der Waals surface area contributed by atoms with E-state index in [0.29, 0.717) is 32.2 Å². The fraction of sp³-hybridized carbons (Fsp3) is 0.909. The van der Waals surface area contributed by atoms with Crippen LogP contribution in [0.2, 0.25) is 0 Å². The zero-order valence-corrected chi connectivity index (χ0v) is 11.2. The highest BCUT2D eigenvalue weighted by Crippen LogP contribution is 2.00. The number of thioether (sulfide) groups is 1. The number of esters is 1. The molecule has 0 rings (SSSR count). The minimum absolute atomic E-state index is 0.290. The van der Waals surface area contributed by atoms with E-state index < -0.39 is 6.04 Å². The quantitative estimate of drug-likeness (QED) is 0.493. The largest absolute Gasteiger partial charge is 0.462 e. The van der Waals surface area contributed by atoms with Gasteiger partial charge in [0.05, 0.1) is 6.61 Å². The molecule has 0 bridgehead atoms. The number of hydrogen-bond donors (Lipinski definition) is 1. The van der Waals surface area contributed by atoms with Gasteiger partial charge in [0, 0.05) is 6.61 Å². The summed E-state index contributed by atoms with van der Waals surface area (Å²) in [6.45, 7) is 5.57. The summed E-state index contributed by atoms with van der Waals surface area (Å²) in [5, 5.41) is 0. The molecule has 0 aliphatic rings. The Morgan fingerprint density at radius 1 is 1.38 bits per heavy atom. The monoisotopic (exact) mass is 249 g/mol. The summed E-state index contributed by atoms with van der Waals surface area (Å²) >= 11 is 1.67. The zero-order chi connectivity index (χ0) is 12.4. The van der Waals surface area contributed by atoms with Crippen molar-refractivity contribution >= 4 is 17.7 Å². The highest BCUT2D eigenvalue weighted by Gasteiger charge is 2.13. The predicted octanol–water partition coefficient (Wildman–Crippen LogP) is 1.28. The number of ether oxygens (including phenoxy) is 2. The first-order valence-corrected chi connectivity index (χ1v) is 6.96. The maximum atomic E-state index is 11.3. The summed E-state index contributed by atoms with van der Waals surface area (Å²) in [6, 6.07) is -0.502. The van der Waals surface area contributed by atoms with Gasteiger partial charge in [-0.1, -0.05) is 13.8 Å². The van der Waals surface area contributed by atoms with E-state index in [0.717, 1.165) is 5.75 Å². The molecule has 0 aliphatic carbocycles. The Bertz CT molecular complexity index is 188. The molecule has 0 fully saturated rings. The van der Waals surface area contributed by atoms with Gasteiger partial charge < -0.3 is 15.2 Å². The molecule has 0 saturated heterocycles. The van der Waals surface area contributed by atoms with Gasteiger partial charge in [-0.05, 0) is 24.3 Å². The minimum Gasteiger partial charge on any atom is -0.462 e. The molecular formula is C11H23NO3S. The number of rotatable bonds is 9. The van der Waals surface area contributed by atoms with Crippen LogP contribution in [0.3, 0.4) is 0 Å². The van der Waals surface area contributed by atoms with E-state index in [1.807, 2.05) is 6.26 Å². The molecule has 0 aromatic carbocycles. The van der Waals surface area contributed by atoms with Gasteiger partial charge in [-0.25, -0.2) is 0 Å². The third kappa shape index (κ3) is 9.00. The SMILES string of the molecule is CSCC[C@@H](N)C(=O)OCCOCC(C)C. The molecule has 0 aromatic heterocycles. The summed E-state index contributed by atoms with van der Waals surface area (Å²) in [4.78, 5) is 11.3. The van der Waals surface area contributed by atoms with E-state index in [1.165, 1.54) is 0 Å². The van der Waals surface area contributed by atoms with Crippen molar-refractivity contribution in [2.75, 3.05) is 31.8 Å². The molecule has 0 heterocycles. The molecule has 4 nitrogen and oxygen atoms in total. The lowest BCUT2D eigenvalue weighted by molar-refractivity contribution is -0.146. The lowest BCUT2D eigenvalue weighted by atomic mass is 10.2. The van der Waals surface area contributed by atoms with Gasteiger partial charge in [-0.15, -0.1) is 0 Å². The maximum Gasteiger partial charge on any atom is 0.323 e. The Balaban J connectivity index is 3.42. The molecule has 16 heavy (non-hydrogen) atoms. The molecule has 1 atom stereocenters. The van der Waals surface area contributed by atoms with Gasteiger partial charge in [-0.2, -0.15) is 11.8 Å². The van der Waals surface area contributed by atoms with E-state index >= 15 is 0 Å². The molecule has 0 spiro atoms. The molecule has 0 unspecified atom stereocenters. The maximum absolute atomic E-state index is 11.3. The van der Waals surface area contributed by atoms with E-state index in [-0.39, 0.29) is 5.97 Å². The average molecular weight is 249 g/mol. The second kappa shape index (κ2) is 9.93. The van der Waals surface area contributed by atoms with Crippen LogP contribution in [0.1, 0.15) is 20.3 Å². The van der Waals surface area contributed by atoms with Crippen LogP contribution in [-0.2, 0) is 14.3 Å².